The van der Waals surface area contributed by atoms with E-state index in [2.05, 4.69) is 32.0 Å². The molecule has 0 radical (unpaired) electrons. The van der Waals surface area contributed by atoms with Gasteiger partial charge in [-0.25, -0.2) is 8.78 Å². The van der Waals surface area contributed by atoms with Crippen LogP contribution in [0.2, 0.25) is 0 Å². The van der Waals surface area contributed by atoms with Crippen LogP contribution in [0, 0.1) is 11.6 Å². The Labute approximate surface area is 385 Å². The molecule has 0 bridgehead atoms. The third kappa shape index (κ3) is 12.7. The summed E-state index contributed by atoms with van der Waals surface area (Å²) in [5.74, 6) is -0.690. The van der Waals surface area contributed by atoms with Crippen LogP contribution in [0.3, 0.4) is 0 Å². The summed E-state index contributed by atoms with van der Waals surface area (Å²) in [6.07, 6.45) is 10.1. The number of anilines is 2. The molecule has 2 atom stereocenters. The van der Waals surface area contributed by atoms with Crippen molar-refractivity contribution in [2.75, 3.05) is 71.0 Å². The SMILES string of the molecule is C[C@@H]1CN(Cc2ccc(F)cc2)CCN1C(=O)/C=C/c1cc2ncccc2cc1N.C[C@@H]1CN(Cc2ccc(F)cc2)CCN1C(=O)/C=C/c1cc2ncccc2cc1NC(=O)CN(C)C. The number of carbonyl (C=O) groups is 3. The van der Waals surface area contributed by atoms with E-state index in [1.54, 1.807) is 53.7 Å². The lowest BCUT2D eigenvalue weighted by Crippen LogP contribution is -2.53. The van der Waals surface area contributed by atoms with Gasteiger partial charge in [-0.1, -0.05) is 36.4 Å². The average Bonchev–Trinajstić information content (AvgIpc) is 3.29. The number of pyridine rings is 2. The summed E-state index contributed by atoms with van der Waals surface area (Å²) in [5.41, 5.74) is 12.7. The molecule has 6 aromatic rings. The molecule has 12 nitrogen and oxygen atoms in total. The van der Waals surface area contributed by atoms with Crippen molar-refractivity contribution in [2.24, 2.45) is 0 Å². The predicted molar refractivity (Wildman–Crippen MR) is 259 cm³/mol. The Morgan fingerprint density at radius 3 is 1.64 bits per heavy atom. The fraction of sp³-hybridized carbons (Fsp3) is 0.288. The fourth-order valence-corrected chi connectivity index (χ4v) is 8.38. The Hall–Kier alpha value is -6.87. The third-order valence-corrected chi connectivity index (χ3v) is 11.8. The summed E-state index contributed by atoms with van der Waals surface area (Å²) >= 11 is 0. The van der Waals surface area contributed by atoms with E-state index < -0.39 is 0 Å². The van der Waals surface area contributed by atoms with Crippen LogP contribution in [0.1, 0.15) is 36.1 Å². The summed E-state index contributed by atoms with van der Waals surface area (Å²) < 4.78 is 26.3. The van der Waals surface area contributed by atoms with Gasteiger partial charge < -0.3 is 25.8 Å². The Morgan fingerprint density at radius 2 is 1.15 bits per heavy atom. The first-order valence-corrected chi connectivity index (χ1v) is 22.2. The van der Waals surface area contributed by atoms with Crippen molar-refractivity contribution >= 4 is 63.1 Å². The number of amides is 3. The lowest BCUT2D eigenvalue weighted by molar-refractivity contribution is -0.131. The number of hydrogen-bond donors (Lipinski definition) is 2. The fourth-order valence-electron chi connectivity index (χ4n) is 8.38. The van der Waals surface area contributed by atoms with Gasteiger partial charge in [-0.2, -0.15) is 0 Å². The number of piperazine rings is 2. The molecule has 4 heterocycles. The maximum atomic E-state index is 13.2. The van der Waals surface area contributed by atoms with Gasteiger partial charge in [-0.15, -0.1) is 0 Å². The van der Waals surface area contributed by atoms with Crippen molar-refractivity contribution < 1.29 is 23.2 Å². The zero-order valence-electron chi connectivity index (χ0n) is 37.9. The second-order valence-electron chi connectivity index (χ2n) is 17.2. The van der Waals surface area contributed by atoms with E-state index in [0.29, 0.717) is 24.5 Å². The lowest BCUT2D eigenvalue weighted by Gasteiger charge is -2.39. The molecule has 4 aromatic carbocycles. The molecule has 2 aliphatic heterocycles. The van der Waals surface area contributed by atoms with Crippen molar-refractivity contribution in [1.29, 1.82) is 0 Å². The van der Waals surface area contributed by atoms with Crippen LogP contribution in [0.5, 0.6) is 0 Å². The van der Waals surface area contributed by atoms with Gasteiger partial charge in [0.2, 0.25) is 17.7 Å². The van der Waals surface area contributed by atoms with E-state index in [-0.39, 0.29) is 48.0 Å². The van der Waals surface area contributed by atoms with E-state index in [9.17, 15) is 23.2 Å². The number of aromatic nitrogens is 2. The van der Waals surface area contributed by atoms with Crippen LogP contribution >= 0.6 is 0 Å². The topological polar surface area (TPSA) is 131 Å². The molecule has 3 N–H and O–H groups in total. The quantitative estimate of drug-likeness (QED) is 0.102. The molecule has 0 aliphatic carbocycles. The molecule has 0 unspecified atom stereocenters. The highest BCUT2D eigenvalue weighted by molar-refractivity contribution is 6.00. The van der Waals surface area contributed by atoms with Crippen molar-refractivity contribution in [3.63, 3.8) is 0 Å². The predicted octanol–water partition coefficient (Wildman–Crippen LogP) is 7.32. The number of likely N-dealkylation sites (N-methyl/N-ethyl adjacent to an activating group) is 1. The molecule has 2 aliphatic rings. The van der Waals surface area contributed by atoms with Crippen molar-refractivity contribution in [2.45, 2.75) is 39.0 Å². The Bertz CT molecular complexity index is 2710. The van der Waals surface area contributed by atoms with Gasteiger partial charge >= 0.3 is 0 Å². The highest BCUT2D eigenvalue weighted by atomic mass is 19.1. The number of halogens is 2. The molecular formula is C52H57F2N9O3. The minimum atomic E-state index is -0.239. The van der Waals surface area contributed by atoms with Crippen LogP contribution in [0.15, 0.2) is 122 Å². The van der Waals surface area contributed by atoms with E-state index >= 15 is 0 Å². The molecular weight excluding hydrogens is 837 g/mol. The maximum Gasteiger partial charge on any atom is 0.246 e. The standard InChI is InChI=1S/C28H32FN5O2.C24H25FN4O/c1-20-17-33(18-21-6-9-24(29)10-7-21)13-14-34(20)28(36)11-8-23-15-25-22(5-4-12-30-25)16-26(23)31-27(35)19-32(2)3;1-17-15-28(16-18-4-7-21(25)8-5-18)11-12-29(17)24(30)9-6-19-14-23-20(13-22(19)26)3-2-10-27-23/h4-12,15-16,20H,13-14,17-19H2,1-3H3,(H,31,35);2-10,13-14,17H,11-12,15-16,26H2,1H3/b11-8+;9-6+/t20-;17-/m11/s1. The average molecular weight is 894 g/mol. The first-order chi connectivity index (χ1) is 31.8. The van der Waals surface area contributed by atoms with Crippen LogP contribution in [-0.2, 0) is 27.5 Å². The number of benzene rings is 4. The zero-order chi connectivity index (χ0) is 46.7. The number of hydrogen-bond acceptors (Lipinski definition) is 9. The number of fused-ring (bicyclic) bond motifs is 2. The molecule has 2 fully saturated rings. The summed E-state index contributed by atoms with van der Waals surface area (Å²) in [6.45, 7) is 10.1. The summed E-state index contributed by atoms with van der Waals surface area (Å²) in [4.78, 5) is 57.2. The first kappa shape index (κ1) is 47.1. The van der Waals surface area contributed by atoms with Gasteiger partial charge in [0.25, 0.3) is 0 Å². The van der Waals surface area contributed by atoms with Gasteiger partial charge in [0, 0.05) is 117 Å². The first-order valence-electron chi connectivity index (χ1n) is 22.2. The molecule has 14 heteroatoms. The highest BCUT2D eigenvalue weighted by Gasteiger charge is 2.27. The van der Waals surface area contributed by atoms with Gasteiger partial charge in [0.1, 0.15) is 11.6 Å². The van der Waals surface area contributed by atoms with Gasteiger partial charge in [-0.05, 0) is 117 Å². The van der Waals surface area contributed by atoms with E-state index in [0.717, 1.165) is 83.3 Å². The van der Waals surface area contributed by atoms with Crippen LogP contribution < -0.4 is 11.1 Å². The number of nitrogens with zero attached hydrogens (tertiary/aromatic N) is 7. The van der Waals surface area contributed by atoms with E-state index in [1.165, 1.54) is 24.3 Å². The van der Waals surface area contributed by atoms with Gasteiger partial charge in [0.15, 0.2) is 0 Å². The molecule has 0 saturated carbocycles. The molecule has 66 heavy (non-hydrogen) atoms. The van der Waals surface area contributed by atoms with Gasteiger partial charge in [-0.3, -0.25) is 34.2 Å². The molecule has 2 aromatic heterocycles. The summed E-state index contributed by atoms with van der Waals surface area (Å²) in [6, 6.07) is 28.4. The zero-order valence-corrected chi connectivity index (χ0v) is 37.9. The second-order valence-corrected chi connectivity index (χ2v) is 17.2. The second kappa shape index (κ2) is 21.9. The molecule has 342 valence electrons. The van der Waals surface area contributed by atoms with Crippen LogP contribution in [0.25, 0.3) is 34.0 Å². The smallest absolute Gasteiger partial charge is 0.246 e. The number of nitrogens with one attached hydrogen (secondary N) is 1. The Kier molecular flexibility index (Phi) is 15.6. The summed E-state index contributed by atoms with van der Waals surface area (Å²) in [5, 5.41) is 4.85. The largest absolute Gasteiger partial charge is 0.398 e. The third-order valence-electron chi connectivity index (χ3n) is 11.8. The van der Waals surface area contributed by atoms with Gasteiger partial charge in [0.05, 0.1) is 17.6 Å². The monoisotopic (exact) mass is 893 g/mol. The van der Waals surface area contributed by atoms with Crippen LogP contribution in [0.4, 0.5) is 20.2 Å². The van der Waals surface area contributed by atoms with Crippen molar-refractivity contribution in [3.05, 3.63) is 155 Å². The highest BCUT2D eigenvalue weighted by Crippen LogP contribution is 2.26. The minimum Gasteiger partial charge on any atom is -0.398 e. The van der Waals surface area contributed by atoms with Crippen molar-refractivity contribution in [3.8, 4) is 0 Å². The number of carbonyl (C=O) groups excluding carboxylic acids is 3. The Morgan fingerprint density at radius 1 is 0.682 bits per heavy atom. The minimum absolute atomic E-state index is 0.0237. The van der Waals surface area contributed by atoms with Crippen molar-refractivity contribution in [1.82, 2.24) is 34.5 Å². The Balaban J connectivity index is 0.000000199. The normalized spacial score (nSPS) is 17.1. The summed E-state index contributed by atoms with van der Waals surface area (Å²) in [7, 11) is 3.67. The molecule has 0 spiro atoms. The lowest BCUT2D eigenvalue weighted by atomic mass is 10.1. The number of nitrogens with two attached hydrogens (primary N) is 1. The van der Waals surface area contributed by atoms with E-state index in [1.807, 2.05) is 91.5 Å². The van der Waals surface area contributed by atoms with E-state index in [4.69, 9.17) is 5.73 Å². The molecule has 8 rings (SSSR count). The van der Waals surface area contributed by atoms with Crippen LogP contribution in [-0.4, -0.2) is 124 Å². The molecule has 2 saturated heterocycles. The number of rotatable bonds is 11. The maximum absolute atomic E-state index is 13.2. The molecule has 3 amide bonds. The number of nitrogen functional groups attached to an aromatic ring is 1.